The fraction of sp³-hybridized carbons (Fsp3) is 1.00. The zero-order valence-electron chi connectivity index (χ0n) is 7.00. The highest BCUT2D eigenvalue weighted by Gasteiger charge is 2.51. The van der Waals surface area contributed by atoms with Crippen LogP contribution >= 0.6 is 0 Å². The van der Waals surface area contributed by atoms with Gasteiger partial charge < -0.3 is 5.73 Å². The van der Waals surface area contributed by atoms with Crippen molar-refractivity contribution in [2.45, 2.75) is 38.1 Å². The van der Waals surface area contributed by atoms with Crippen LogP contribution in [0.3, 0.4) is 0 Å². The number of nitrogens with two attached hydrogens (primary N) is 1. The predicted molar refractivity (Wildman–Crippen MR) is 45.0 cm³/mol. The molecule has 0 aromatic carbocycles. The van der Waals surface area contributed by atoms with Crippen LogP contribution in [0.2, 0.25) is 0 Å². The smallest absolute Gasteiger partial charge is 0.0101 e. The summed E-state index contributed by atoms with van der Waals surface area (Å²) in [5.41, 5.74) is 6.21. The fourth-order valence-corrected chi connectivity index (χ4v) is 3.56. The molecule has 4 unspecified atom stereocenters. The van der Waals surface area contributed by atoms with Crippen molar-refractivity contribution in [2.75, 3.05) is 0 Å². The molecular formula is C10H17N. The Balaban J connectivity index is 1.82. The summed E-state index contributed by atoms with van der Waals surface area (Å²) < 4.78 is 0. The van der Waals surface area contributed by atoms with Gasteiger partial charge in [-0.05, 0) is 55.8 Å². The summed E-state index contributed by atoms with van der Waals surface area (Å²) in [5.74, 6) is 3.97. The lowest BCUT2D eigenvalue weighted by atomic mass is 9.82. The van der Waals surface area contributed by atoms with E-state index in [-0.39, 0.29) is 0 Å². The molecule has 0 radical (unpaired) electrons. The van der Waals surface area contributed by atoms with Crippen LogP contribution in [-0.2, 0) is 0 Å². The summed E-state index contributed by atoms with van der Waals surface area (Å²) in [6.45, 7) is 0. The van der Waals surface area contributed by atoms with Crippen molar-refractivity contribution in [3.63, 3.8) is 0 Å². The Kier molecular flexibility index (Phi) is 1.18. The summed E-state index contributed by atoms with van der Waals surface area (Å²) in [6.07, 6.45) is 7.39. The van der Waals surface area contributed by atoms with Gasteiger partial charge in [-0.2, -0.15) is 0 Å². The van der Waals surface area contributed by atoms with Gasteiger partial charge in [0.1, 0.15) is 0 Å². The van der Waals surface area contributed by atoms with Gasteiger partial charge >= 0.3 is 0 Å². The van der Waals surface area contributed by atoms with Gasteiger partial charge in [-0.25, -0.2) is 0 Å². The lowest BCUT2D eigenvalue weighted by molar-refractivity contribution is 0.258. The van der Waals surface area contributed by atoms with E-state index in [0.29, 0.717) is 6.04 Å². The number of fused-ring (bicyclic) bond motifs is 2. The van der Waals surface area contributed by atoms with Crippen molar-refractivity contribution in [1.82, 2.24) is 0 Å². The molecule has 3 rings (SSSR count). The Morgan fingerprint density at radius 3 is 2.00 bits per heavy atom. The Hall–Kier alpha value is -0.0400. The molecule has 3 aliphatic carbocycles. The summed E-state index contributed by atoms with van der Waals surface area (Å²) in [6, 6.07) is 0.598. The average Bonchev–Trinajstić information content (AvgIpc) is 2.62. The van der Waals surface area contributed by atoms with E-state index >= 15 is 0 Å². The highest BCUT2D eigenvalue weighted by Crippen LogP contribution is 2.55. The Morgan fingerprint density at radius 1 is 0.818 bits per heavy atom. The van der Waals surface area contributed by atoms with Crippen molar-refractivity contribution in [1.29, 1.82) is 0 Å². The first-order valence-electron chi connectivity index (χ1n) is 5.12. The zero-order chi connectivity index (χ0) is 7.42. The van der Waals surface area contributed by atoms with Crippen LogP contribution in [0.1, 0.15) is 32.1 Å². The summed E-state index contributed by atoms with van der Waals surface area (Å²) in [4.78, 5) is 0. The molecule has 0 amide bonds. The molecule has 1 heteroatoms. The van der Waals surface area contributed by atoms with Crippen molar-refractivity contribution in [3.8, 4) is 0 Å². The second-order valence-electron chi connectivity index (χ2n) is 4.83. The minimum Gasteiger partial charge on any atom is -0.327 e. The van der Waals surface area contributed by atoms with Crippen LogP contribution in [-0.4, -0.2) is 6.04 Å². The van der Waals surface area contributed by atoms with E-state index in [2.05, 4.69) is 0 Å². The van der Waals surface area contributed by atoms with Crippen molar-refractivity contribution < 1.29 is 0 Å². The number of rotatable bonds is 1. The molecule has 2 N–H and O–H groups in total. The third-order valence-corrected chi connectivity index (χ3v) is 4.21. The molecular weight excluding hydrogens is 134 g/mol. The third kappa shape index (κ3) is 0.807. The van der Waals surface area contributed by atoms with Crippen LogP contribution in [0.5, 0.6) is 0 Å². The van der Waals surface area contributed by atoms with Crippen LogP contribution in [0, 0.1) is 23.7 Å². The molecule has 0 aromatic rings. The Morgan fingerprint density at radius 2 is 1.45 bits per heavy atom. The van der Waals surface area contributed by atoms with E-state index in [1.165, 1.54) is 32.1 Å². The average molecular weight is 151 g/mol. The first-order chi connectivity index (χ1) is 5.36. The standard InChI is InChI=1S/C10H17N/c11-10-8-4-3-7(5-8)9(10)6-1-2-6/h6-10H,1-5,11H2. The molecule has 0 aromatic heterocycles. The minimum atomic E-state index is 0.598. The van der Waals surface area contributed by atoms with Gasteiger partial charge in [-0.15, -0.1) is 0 Å². The van der Waals surface area contributed by atoms with Crippen LogP contribution in [0.25, 0.3) is 0 Å². The fourth-order valence-electron chi connectivity index (χ4n) is 3.56. The molecule has 3 aliphatic rings. The molecule has 0 saturated heterocycles. The molecule has 4 atom stereocenters. The second-order valence-corrected chi connectivity index (χ2v) is 4.83. The molecule has 1 nitrogen and oxygen atoms in total. The molecule has 3 saturated carbocycles. The predicted octanol–water partition coefficient (Wildman–Crippen LogP) is 1.77. The SMILES string of the molecule is NC1C2CCC(C2)C1C1CC1. The van der Waals surface area contributed by atoms with Crippen molar-refractivity contribution >= 4 is 0 Å². The van der Waals surface area contributed by atoms with Gasteiger partial charge in [0.15, 0.2) is 0 Å². The van der Waals surface area contributed by atoms with Gasteiger partial charge in [0.25, 0.3) is 0 Å². The van der Waals surface area contributed by atoms with Crippen LogP contribution in [0.15, 0.2) is 0 Å². The lowest BCUT2D eigenvalue weighted by Crippen LogP contribution is -2.36. The summed E-state index contributed by atoms with van der Waals surface area (Å²) in [5, 5.41) is 0. The van der Waals surface area contributed by atoms with Crippen molar-refractivity contribution in [2.24, 2.45) is 29.4 Å². The quantitative estimate of drug-likeness (QED) is 0.607. The molecule has 0 aliphatic heterocycles. The maximum absolute atomic E-state index is 6.21. The molecule has 3 fully saturated rings. The lowest BCUT2D eigenvalue weighted by Gasteiger charge is -2.27. The Labute approximate surface area is 68.3 Å². The summed E-state index contributed by atoms with van der Waals surface area (Å²) >= 11 is 0. The normalized spacial score (nSPS) is 55.4. The van der Waals surface area contributed by atoms with Gasteiger partial charge in [-0.1, -0.05) is 0 Å². The van der Waals surface area contributed by atoms with E-state index in [9.17, 15) is 0 Å². The monoisotopic (exact) mass is 151 g/mol. The maximum Gasteiger partial charge on any atom is 0.0101 e. The molecule has 11 heavy (non-hydrogen) atoms. The molecule has 62 valence electrons. The largest absolute Gasteiger partial charge is 0.327 e. The second kappa shape index (κ2) is 2.01. The molecule has 0 spiro atoms. The highest BCUT2D eigenvalue weighted by atomic mass is 14.8. The number of hydrogen-bond donors (Lipinski definition) is 1. The van der Waals surface area contributed by atoms with Crippen molar-refractivity contribution in [3.05, 3.63) is 0 Å². The number of hydrogen-bond acceptors (Lipinski definition) is 1. The van der Waals surface area contributed by atoms with E-state index in [1.807, 2.05) is 0 Å². The topological polar surface area (TPSA) is 26.0 Å². The van der Waals surface area contributed by atoms with E-state index < -0.39 is 0 Å². The zero-order valence-corrected chi connectivity index (χ0v) is 7.00. The third-order valence-electron chi connectivity index (χ3n) is 4.21. The van der Waals surface area contributed by atoms with Crippen LogP contribution in [0.4, 0.5) is 0 Å². The van der Waals surface area contributed by atoms with E-state index in [1.54, 1.807) is 0 Å². The maximum atomic E-state index is 6.21. The van der Waals surface area contributed by atoms with Gasteiger partial charge in [0.05, 0.1) is 0 Å². The van der Waals surface area contributed by atoms with E-state index in [4.69, 9.17) is 5.73 Å². The summed E-state index contributed by atoms with van der Waals surface area (Å²) in [7, 11) is 0. The molecule has 2 bridgehead atoms. The van der Waals surface area contributed by atoms with Crippen LogP contribution < -0.4 is 5.73 Å². The van der Waals surface area contributed by atoms with Gasteiger partial charge in [0.2, 0.25) is 0 Å². The first-order valence-corrected chi connectivity index (χ1v) is 5.12. The van der Waals surface area contributed by atoms with Gasteiger partial charge in [-0.3, -0.25) is 0 Å². The first kappa shape index (κ1) is 6.47. The van der Waals surface area contributed by atoms with Gasteiger partial charge in [0, 0.05) is 6.04 Å². The van der Waals surface area contributed by atoms with E-state index in [0.717, 1.165) is 23.7 Å². The molecule has 0 heterocycles. The minimum absolute atomic E-state index is 0.598. The Bertz CT molecular complexity index is 172. The highest BCUT2D eigenvalue weighted by molar-refractivity contribution is 5.03.